The van der Waals surface area contributed by atoms with Gasteiger partial charge >= 0.3 is 6.18 Å². The summed E-state index contributed by atoms with van der Waals surface area (Å²) in [5.41, 5.74) is 6.57. The fourth-order valence-electron chi connectivity index (χ4n) is 1.59. The number of methoxy groups -OCH3 is 1. The van der Waals surface area contributed by atoms with Crippen molar-refractivity contribution in [2.24, 2.45) is 5.73 Å². The Labute approximate surface area is 112 Å². The Morgan fingerprint density at radius 2 is 2.06 bits per heavy atom. The Morgan fingerprint density at radius 3 is 2.56 bits per heavy atom. The maximum Gasteiger partial charge on any atom is 0.389 e. The van der Waals surface area contributed by atoms with Crippen molar-refractivity contribution in [2.75, 3.05) is 7.11 Å². The largest absolute Gasteiger partial charge is 0.496 e. The standard InChI is InChI=1S/C12H15BrF3NO/c1-18-11-3-2-8(7-10(11)13)6-9(17)4-5-12(14,15)16/h2-3,7,9H,4-6,17H2,1H3. The molecule has 0 aromatic heterocycles. The van der Waals surface area contributed by atoms with Gasteiger partial charge in [0, 0.05) is 12.5 Å². The Hall–Kier alpha value is -0.750. The summed E-state index contributed by atoms with van der Waals surface area (Å²) in [7, 11) is 1.55. The van der Waals surface area contributed by atoms with Crippen LogP contribution in [0.3, 0.4) is 0 Å². The van der Waals surface area contributed by atoms with Crippen molar-refractivity contribution < 1.29 is 17.9 Å². The molecular formula is C12H15BrF3NO. The van der Waals surface area contributed by atoms with Crippen LogP contribution in [0.15, 0.2) is 22.7 Å². The normalized spacial score (nSPS) is 13.4. The molecule has 0 heterocycles. The van der Waals surface area contributed by atoms with Crippen LogP contribution in [0.1, 0.15) is 18.4 Å². The number of halogens is 4. The monoisotopic (exact) mass is 325 g/mol. The van der Waals surface area contributed by atoms with E-state index in [4.69, 9.17) is 10.5 Å². The highest BCUT2D eigenvalue weighted by molar-refractivity contribution is 9.10. The van der Waals surface area contributed by atoms with Crippen molar-refractivity contribution in [1.82, 2.24) is 0 Å². The fraction of sp³-hybridized carbons (Fsp3) is 0.500. The number of ether oxygens (including phenoxy) is 1. The van der Waals surface area contributed by atoms with E-state index in [2.05, 4.69) is 15.9 Å². The molecule has 1 rings (SSSR count). The SMILES string of the molecule is COc1ccc(CC(N)CCC(F)(F)F)cc1Br. The third-order valence-corrected chi connectivity index (χ3v) is 3.13. The minimum atomic E-state index is -4.14. The van der Waals surface area contributed by atoms with Gasteiger partial charge in [0.1, 0.15) is 5.75 Å². The molecule has 0 spiro atoms. The van der Waals surface area contributed by atoms with Gasteiger partial charge in [-0.1, -0.05) is 6.07 Å². The number of rotatable bonds is 5. The Morgan fingerprint density at radius 1 is 1.39 bits per heavy atom. The van der Waals surface area contributed by atoms with Gasteiger partial charge in [-0.05, 0) is 46.5 Å². The van der Waals surface area contributed by atoms with E-state index >= 15 is 0 Å². The van der Waals surface area contributed by atoms with E-state index in [-0.39, 0.29) is 6.42 Å². The summed E-state index contributed by atoms with van der Waals surface area (Å²) in [6.07, 6.45) is -4.63. The Balaban J connectivity index is 2.54. The zero-order valence-corrected chi connectivity index (χ0v) is 11.5. The van der Waals surface area contributed by atoms with Crippen LogP contribution >= 0.6 is 15.9 Å². The smallest absolute Gasteiger partial charge is 0.389 e. The molecule has 6 heteroatoms. The molecule has 0 aliphatic heterocycles. The third-order valence-electron chi connectivity index (χ3n) is 2.51. The predicted octanol–water partition coefficient (Wildman–Crippen LogP) is 3.67. The zero-order valence-electron chi connectivity index (χ0n) is 9.93. The first-order valence-electron chi connectivity index (χ1n) is 5.46. The molecule has 0 saturated carbocycles. The molecule has 0 radical (unpaired) electrons. The molecule has 1 aromatic carbocycles. The van der Waals surface area contributed by atoms with Crippen LogP contribution in [0, 0.1) is 0 Å². The minimum Gasteiger partial charge on any atom is -0.496 e. The van der Waals surface area contributed by atoms with E-state index in [9.17, 15) is 13.2 Å². The second-order valence-corrected chi connectivity index (χ2v) is 4.94. The highest BCUT2D eigenvalue weighted by Gasteiger charge is 2.27. The van der Waals surface area contributed by atoms with E-state index < -0.39 is 18.6 Å². The lowest BCUT2D eigenvalue weighted by molar-refractivity contribution is -0.136. The van der Waals surface area contributed by atoms with Gasteiger partial charge in [-0.3, -0.25) is 0 Å². The molecule has 0 fully saturated rings. The molecule has 18 heavy (non-hydrogen) atoms. The molecule has 0 saturated heterocycles. The maximum absolute atomic E-state index is 12.0. The number of nitrogens with two attached hydrogens (primary N) is 1. The van der Waals surface area contributed by atoms with Crippen molar-refractivity contribution in [3.8, 4) is 5.75 Å². The quantitative estimate of drug-likeness (QED) is 0.896. The molecule has 0 amide bonds. The van der Waals surface area contributed by atoms with Gasteiger partial charge in [-0.25, -0.2) is 0 Å². The van der Waals surface area contributed by atoms with Gasteiger partial charge in [-0.2, -0.15) is 13.2 Å². The molecule has 1 atom stereocenters. The Bertz CT molecular complexity index is 395. The van der Waals surface area contributed by atoms with E-state index in [1.54, 1.807) is 19.2 Å². The summed E-state index contributed by atoms with van der Waals surface area (Å²) in [6.45, 7) is 0. The summed E-state index contributed by atoms with van der Waals surface area (Å²) in [6, 6.07) is 4.88. The number of alkyl halides is 3. The van der Waals surface area contributed by atoms with E-state index in [1.165, 1.54) is 0 Å². The van der Waals surface area contributed by atoms with Gasteiger partial charge < -0.3 is 10.5 Å². The fourth-order valence-corrected chi connectivity index (χ4v) is 2.18. The van der Waals surface area contributed by atoms with Gasteiger partial charge in [0.2, 0.25) is 0 Å². The van der Waals surface area contributed by atoms with Crippen molar-refractivity contribution in [1.29, 1.82) is 0 Å². The first-order valence-corrected chi connectivity index (χ1v) is 6.26. The average molecular weight is 326 g/mol. The molecule has 0 bridgehead atoms. The van der Waals surface area contributed by atoms with Gasteiger partial charge in [0.15, 0.2) is 0 Å². The summed E-state index contributed by atoms with van der Waals surface area (Å²) < 4.78 is 42.0. The molecule has 1 unspecified atom stereocenters. The van der Waals surface area contributed by atoms with Crippen molar-refractivity contribution >= 4 is 15.9 Å². The lowest BCUT2D eigenvalue weighted by Gasteiger charge is -2.14. The molecule has 0 aliphatic rings. The van der Waals surface area contributed by atoms with Crippen molar-refractivity contribution in [3.05, 3.63) is 28.2 Å². The van der Waals surface area contributed by atoms with E-state index in [0.717, 1.165) is 10.0 Å². The van der Waals surface area contributed by atoms with Crippen LogP contribution in [0.25, 0.3) is 0 Å². The highest BCUT2D eigenvalue weighted by Crippen LogP contribution is 2.27. The van der Waals surface area contributed by atoms with E-state index in [1.807, 2.05) is 6.07 Å². The van der Waals surface area contributed by atoms with Crippen LogP contribution < -0.4 is 10.5 Å². The first-order chi connectivity index (χ1) is 8.31. The summed E-state index contributed by atoms with van der Waals surface area (Å²) in [5, 5.41) is 0. The minimum absolute atomic E-state index is 0.0624. The number of benzene rings is 1. The Kier molecular flexibility index (Phi) is 5.47. The molecule has 102 valence electrons. The van der Waals surface area contributed by atoms with Crippen molar-refractivity contribution in [3.63, 3.8) is 0 Å². The van der Waals surface area contributed by atoms with Gasteiger partial charge in [0.05, 0.1) is 11.6 Å². The molecule has 2 N–H and O–H groups in total. The maximum atomic E-state index is 12.0. The summed E-state index contributed by atoms with van der Waals surface area (Å²) >= 11 is 3.32. The lowest BCUT2D eigenvalue weighted by Crippen LogP contribution is -2.25. The second kappa shape index (κ2) is 6.43. The number of hydrogen-bond donors (Lipinski definition) is 1. The molecule has 1 aromatic rings. The van der Waals surface area contributed by atoms with Crippen LogP contribution in [-0.2, 0) is 6.42 Å². The lowest BCUT2D eigenvalue weighted by atomic mass is 10.0. The van der Waals surface area contributed by atoms with Crippen LogP contribution in [-0.4, -0.2) is 19.3 Å². The van der Waals surface area contributed by atoms with Gasteiger partial charge in [-0.15, -0.1) is 0 Å². The highest BCUT2D eigenvalue weighted by atomic mass is 79.9. The third kappa shape index (κ3) is 5.27. The van der Waals surface area contributed by atoms with Gasteiger partial charge in [0.25, 0.3) is 0 Å². The molecule has 0 aliphatic carbocycles. The molecular weight excluding hydrogens is 311 g/mol. The number of hydrogen-bond acceptors (Lipinski definition) is 2. The van der Waals surface area contributed by atoms with Crippen LogP contribution in [0.4, 0.5) is 13.2 Å². The van der Waals surface area contributed by atoms with Crippen LogP contribution in [0.5, 0.6) is 5.75 Å². The zero-order chi connectivity index (χ0) is 13.8. The van der Waals surface area contributed by atoms with Crippen LogP contribution in [0.2, 0.25) is 0 Å². The second-order valence-electron chi connectivity index (χ2n) is 4.09. The molecule has 2 nitrogen and oxygen atoms in total. The predicted molar refractivity (Wildman–Crippen MR) is 67.7 cm³/mol. The topological polar surface area (TPSA) is 35.2 Å². The summed E-state index contributed by atoms with van der Waals surface area (Å²) in [4.78, 5) is 0. The average Bonchev–Trinajstić information content (AvgIpc) is 2.26. The van der Waals surface area contributed by atoms with E-state index in [0.29, 0.717) is 12.2 Å². The van der Waals surface area contributed by atoms with Crippen molar-refractivity contribution in [2.45, 2.75) is 31.5 Å². The first kappa shape index (κ1) is 15.3. The summed E-state index contributed by atoms with van der Waals surface area (Å²) in [5.74, 6) is 0.683.